The van der Waals surface area contributed by atoms with Crippen molar-refractivity contribution in [1.82, 2.24) is 19.0 Å². The highest BCUT2D eigenvalue weighted by atomic mass is 16.6. The van der Waals surface area contributed by atoms with Gasteiger partial charge in [-0.05, 0) is 99.0 Å². The number of unbranched alkanes of at least 4 members (excludes halogenated alkanes) is 1. The smallest absolute Gasteiger partial charge is 0.332 e. The molecule has 0 N–H and O–H groups in total. The molecule has 11 heteroatoms. The molecule has 11 nitrogen and oxygen atoms in total. The van der Waals surface area contributed by atoms with E-state index in [0.717, 1.165) is 56.3 Å². The van der Waals surface area contributed by atoms with Gasteiger partial charge in [0.05, 0.1) is 16.0 Å². The zero-order chi connectivity index (χ0) is 46.0. The molecule has 0 unspecified atom stereocenters. The van der Waals surface area contributed by atoms with E-state index >= 15 is 0 Å². The minimum absolute atomic E-state index is 0.0514. The Bertz CT molecular complexity index is 2930. The molecule has 2 fully saturated rings. The molecule has 2 aliphatic heterocycles. The summed E-state index contributed by atoms with van der Waals surface area (Å²) in [4.78, 5) is 63.8. The van der Waals surface area contributed by atoms with Gasteiger partial charge in [-0.25, -0.2) is 9.78 Å². The second-order valence-corrected chi connectivity index (χ2v) is 18.1. The Labute approximate surface area is 385 Å². The number of Topliss-reactive ketones (excluding diaryl/α,β-unsaturated/α-hetero) is 1. The van der Waals surface area contributed by atoms with Gasteiger partial charge in [-0.2, -0.15) is 0 Å². The largest absolute Gasteiger partial charge is 0.366 e. The summed E-state index contributed by atoms with van der Waals surface area (Å²) in [5.41, 5.74) is 5.36. The van der Waals surface area contributed by atoms with Crippen molar-refractivity contribution in [2.24, 2.45) is 14.1 Å². The standard InChI is InChI=1S/C55H56N6O5/c1-39-48(47(62)26-16-17-33-59-34-29-54(30-35-59,41-18-8-4-9-19-41)42-20-10-5-11-21-42)49(50-51(56-39)57(2)53(64)58(3)52(50)63)40-27-28-45(46(38-40)61(65)66)60-36-31-55(32-37-60,43-22-12-6-13-23-43)44-24-14-7-15-25-44/h4-15,18-25,27-28,38H,16-17,26,29-37H2,1-3H3. The average molecular weight is 881 g/mol. The van der Waals surface area contributed by atoms with Gasteiger partial charge in [-0.3, -0.25) is 28.8 Å². The molecule has 0 aliphatic carbocycles. The average Bonchev–Trinajstić information content (AvgIpc) is 3.37. The Hall–Kier alpha value is -6.98. The summed E-state index contributed by atoms with van der Waals surface area (Å²) in [7, 11) is 2.94. The molecule has 0 amide bonds. The van der Waals surface area contributed by atoms with E-state index in [9.17, 15) is 24.5 Å². The van der Waals surface area contributed by atoms with E-state index in [1.807, 2.05) is 12.1 Å². The number of aromatic nitrogens is 3. The second kappa shape index (κ2) is 18.5. The van der Waals surface area contributed by atoms with Crippen molar-refractivity contribution in [2.45, 2.75) is 62.7 Å². The number of fused-ring (bicyclic) bond motifs is 1. The van der Waals surface area contributed by atoms with Gasteiger partial charge in [0.1, 0.15) is 11.3 Å². The topological polar surface area (TPSA) is 124 Å². The van der Waals surface area contributed by atoms with Gasteiger partial charge >= 0.3 is 5.69 Å². The number of hydrogen-bond acceptors (Lipinski definition) is 8. The van der Waals surface area contributed by atoms with E-state index in [2.05, 4.69) is 119 Å². The van der Waals surface area contributed by atoms with Crippen molar-refractivity contribution in [3.8, 4) is 11.1 Å². The Morgan fingerprint density at radius 3 is 1.64 bits per heavy atom. The molecule has 66 heavy (non-hydrogen) atoms. The highest BCUT2D eigenvalue weighted by Crippen LogP contribution is 2.45. The van der Waals surface area contributed by atoms with Crippen LogP contribution in [0.25, 0.3) is 22.2 Å². The third-order valence-corrected chi connectivity index (χ3v) is 14.6. The predicted molar refractivity (Wildman–Crippen MR) is 262 cm³/mol. The lowest BCUT2D eigenvalue weighted by molar-refractivity contribution is -0.384. The first kappa shape index (κ1) is 44.2. The summed E-state index contributed by atoms with van der Waals surface area (Å²) in [5, 5.41) is 13.1. The molecular weight excluding hydrogens is 825 g/mol. The number of ketones is 1. The summed E-state index contributed by atoms with van der Waals surface area (Å²) in [6.45, 7) is 5.58. The van der Waals surface area contributed by atoms with Crippen LogP contribution in [0.15, 0.2) is 149 Å². The van der Waals surface area contributed by atoms with E-state index in [1.165, 1.54) is 39.9 Å². The molecule has 9 rings (SSSR count). The number of carbonyl (C=O) groups is 1. The molecule has 0 saturated carbocycles. The first-order valence-electron chi connectivity index (χ1n) is 23.1. The molecular formula is C55H56N6O5. The van der Waals surface area contributed by atoms with Crippen LogP contribution in [0, 0.1) is 17.0 Å². The third kappa shape index (κ3) is 8.06. The minimum Gasteiger partial charge on any atom is -0.366 e. The van der Waals surface area contributed by atoms with Crippen molar-refractivity contribution < 1.29 is 9.72 Å². The van der Waals surface area contributed by atoms with Crippen LogP contribution in [0.1, 0.15) is 83.3 Å². The van der Waals surface area contributed by atoms with Crippen LogP contribution in [0.2, 0.25) is 0 Å². The molecule has 4 heterocycles. The number of nitrogens with zero attached hydrogens (tertiary/aromatic N) is 6. The van der Waals surface area contributed by atoms with E-state index in [0.29, 0.717) is 36.5 Å². The number of rotatable bonds is 13. The zero-order valence-electron chi connectivity index (χ0n) is 38.0. The normalized spacial score (nSPS) is 16.0. The van der Waals surface area contributed by atoms with Gasteiger partial charge in [-0.15, -0.1) is 0 Å². The zero-order valence-corrected chi connectivity index (χ0v) is 38.0. The molecule has 0 spiro atoms. The molecule has 5 aromatic carbocycles. The van der Waals surface area contributed by atoms with Crippen molar-refractivity contribution >= 4 is 28.2 Å². The van der Waals surface area contributed by atoms with E-state index in [1.54, 1.807) is 26.1 Å². The summed E-state index contributed by atoms with van der Waals surface area (Å²) in [6, 6.07) is 47.5. The number of carbonyl (C=O) groups excluding carboxylic acids is 1. The SMILES string of the molecule is Cc1nc2c(c(-c3ccc(N4CCC(c5ccccc5)(c5ccccc5)CC4)c([N+](=O)[O-])c3)c1C(=O)CCCCN1CCC(c3ccccc3)(c3ccccc3)CC1)c(=O)n(C)c(=O)n2C. The van der Waals surface area contributed by atoms with Crippen molar-refractivity contribution in [3.05, 3.63) is 204 Å². The van der Waals surface area contributed by atoms with Crippen LogP contribution in [0.5, 0.6) is 0 Å². The van der Waals surface area contributed by atoms with Gasteiger partial charge in [-0.1, -0.05) is 127 Å². The number of nitro groups is 1. The highest BCUT2D eigenvalue weighted by Gasteiger charge is 2.40. The van der Waals surface area contributed by atoms with Gasteiger partial charge in [0.25, 0.3) is 11.2 Å². The molecule has 2 saturated heterocycles. The van der Waals surface area contributed by atoms with E-state index in [-0.39, 0.29) is 55.8 Å². The molecule has 7 aromatic rings. The van der Waals surface area contributed by atoms with Gasteiger partial charge in [0.15, 0.2) is 5.78 Å². The molecule has 0 bridgehead atoms. The van der Waals surface area contributed by atoms with Crippen molar-refractivity contribution in [3.63, 3.8) is 0 Å². The number of hydrogen-bond donors (Lipinski definition) is 0. The van der Waals surface area contributed by atoms with Crippen LogP contribution in [0.3, 0.4) is 0 Å². The number of aryl methyl sites for hydroxylation is 2. The van der Waals surface area contributed by atoms with E-state index in [4.69, 9.17) is 4.98 Å². The summed E-state index contributed by atoms with van der Waals surface area (Å²) >= 11 is 0. The highest BCUT2D eigenvalue weighted by molar-refractivity contribution is 6.10. The molecule has 0 radical (unpaired) electrons. The number of piperidine rings is 2. The fraction of sp³-hybridized carbons (Fsp3) is 0.309. The van der Waals surface area contributed by atoms with Crippen LogP contribution in [0.4, 0.5) is 11.4 Å². The van der Waals surface area contributed by atoms with Crippen LogP contribution in [-0.2, 0) is 24.9 Å². The first-order chi connectivity index (χ1) is 32.0. The summed E-state index contributed by atoms with van der Waals surface area (Å²) < 4.78 is 2.30. The first-order valence-corrected chi connectivity index (χ1v) is 23.1. The maximum Gasteiger partial charge on any atom is 0.332 e. The number of likely N-dealkylation sites (tertiary alicyclic amines) is 1. The lowest BCUT2D eigenvalue weighted by atomic mass is 9.68. The van der Waals surface area contributed by atoms with Crippen LogP contribution in [-0.4, -0.2) is 62.4 Å². The van der Waals surface area contributed by atoms with Gasteiger partial charge in [0.2, 0.25) is 0 Å². The summed E-state index contributed by atoms with van der Waals surface area (Å²) in [5.74, 6) is -0.195. The Kier molecular flexibility index (Phi) is 12.4. The molecule has 336 valence electrons. The lowest BCUT2D eigenvalue weighted by Gasteiger charge is -2.43. The number of nitro benzene ring substituents is 1. The fourth-order valence-electron chi connectivity index (χ4n) is 11.0. The van der Waals surface area contributed by atoms with Gasteiger partial charge < -0.3 is 9.80 Å². The number of benzene rings is 5. The van der Waals surface area contributed by atoms with Crippen LogP contribution >= 0.6 is 0 Å². The molecule has 2 aliphatic rings. The fourth-order valence-corrected chi connectivity index (χ4v) is 11.0. The Balaban J connectivity index is 0.984. The van der Waals surface area contributed by atoms with Crippen LogP contribution < -0.4 is 16.1 Å². The third-order valence-electron chi connectivity index (χ3n) is 14.6. The maximum atomic E-state index is 14.6. The van der Waals surface area contributed by atoms with Crippen molar-refractivity contribution in [1.29, 1.82) is 0 Å². The quantitative estimate of drug-likeness (QED) is 0.0486. The van der Waals surface area contributed by atoms with Gasteiger partial charge in [0, 0.05) is 61.6 Å². The predicted octanol–water partition coefficient (Wildman–Crippen LogP) is 9.54. The monoisotopic (exact) mass is 880 g/mol. The lowest BCUT2D eigenvalue weighted by Crippen LogP contribution is -2.43. The molecule has 2 aromatic heterocycles. The Morgan fingerprint density at radius 1 is 0.667 bits per heavy atom. The molecule has 0 atom stereocenters. The second-order valence-electron chi connectivity index (χ2n) is 18.1. The summed E-state index contributed by atoms with van der Waals surface area (Å²) in [6.07, 6.45) is 5.10. The van der Waals surface area contributed by atoms with E-state index < -0.39 is 11.2 Å². The van der Waals surface area contributed by atoms with Crippen molar-refractivity contribution in [2.75, 3.05) is 37.6 Å². The Morgan fingerprint density at radius 2 is 1.15 bits per heavy atom. The minimum atomic E-state index is -0.613. The number of pyridine rings is 1. The number of anilines is 1. The maximum absolute atomic E-state index is 14.6.